The Balaban J connectivity index is 1.65. The van der Waals surface area contributed by atoms with Gasteiger partial charge in [0.2, 0.25) is 0 Å². The summed E-state index contributed by atoms with van der Waals surface area (Å²) in [5.41, 5.74) is 5.68. The van der Waals surface area contributed by atoms with E-state index in [9.17, 15) is 4.79 Å². The number of carbonyl (C=O) groups is 1. The lowest BCUT2D eigenvalue weighted by Gasteiger charge is -2.34. The lowest BCUT2D eigenvalue weighted by molar-refractivity contribution is 0.175. The highest BCUT2D eigenvalue weighted by Crippen LogP contribution is 2.40. The first-order valence-corrected chi connectivity index (χ1v) is 12.5. The van der Waals surface area contributed by atoms with Crippen molar-refractivity contribution in [2.24, 2.45) is 5.92 Å². The Bertz CT molecular complexity index is 1130. The normalized spacial score (nSPS) is 20.0. The van der Waals surface area contributed by atoms with Gasteiger partial charge in [0.25, 0.3) is 0 Å². The summed E-state index contributed by atoms with van der Waals surface area (Å²) in [6, 6.07) is 15.5. The molecule has 0 radical (unpaired) electrons. The molecule has 2 atom stereocenters. The molecule has 0 unspecified atom stereocenters. The second-order valence-corrected chi connectivity index (χ2v) is 9.86. The summed E-state index contributed by atoms with van der Waals surface area (Å²) < 4.78 is 7.63. The molecule has 0 spiro atoms. The van der Waals surface area contributed by atoms with E-state index in [4.69, 9.17) is 9.72 Å². The summed E-state index contributed by atoms with van der Waals surface area (Å²) in [6.07, 6.45) is 8.99. The second-order valence-electron chi connectivity index (χ2n) is 9.86. The van der Waals surface area contributed by atoms with E-state index in [1.165, 1.54) is 55.9 Å². The average molecular weight is 446 g/mol. The lowest BCUT2D eigenvalue weighted by atomic mass is 9.84. The minimum absolute atomic E-state index is 0.120. The second kappa shape index (κ2) is 9.20. The quantitative estimate of drug-likeness (QED) is 0.450. The van der Waals surface area contributed by atoms with Gasteiger partial charge in [-0.1, -0.05) is 49.6 Å². The van der Waals surface area contributed by atoms with Gasteiger partial charge in [-0.2, -0.15) is 0 Å². The monoisotopic (exact) mass is 445 g/mol. The van der Waals surface area contributed by atoms with Crippen LogP contribution in [-0.4, -0.2) is 28.8 Å². The molecule has 5 heteroatoms. The molecule has 5 nitrogen and oxygen atoms in total. The number of fused-ring (bicyclic) bond motifs is 3. The van der Waals surface area contributed by atoms with E-state index in [0.29, 0.717) is 12.0 Å². The van der Waals surface area contributed by atoms with Crippen molar-refractivity contribution in [3.8, 4) is 0 Å². The van der Waals surface area contributed by atoms with E-state index < -0.39 is 0 Å². The van der Waals surface area contributed by atoms with Crippen LogP contribution in [0.1, 0.15) is 75.4 Å². The van der Waals surface area contributed by atoms with Crippen molar-refractivity contribution in [1.29, 1.82) is 0 Å². The molecule has 1 aromatic heterocycles. The van der Waals surface area contributed by atoms with Gasteiger partial charge in [-0.3, -0.25) is 4.90 Å². The summed E-state index contributed by atoms with van der Waals surface area (Å²) in [4.78, 5) is 19.7. The minimum Gasteiger partial charge on any atom is -0.452 e. The van der Waals surface area contributed by atoms with Crippen molar-refractivity contribution in [3.63, 3.8) is 0 Å². The number of methoxy groups -OCH3 is 1. The number of ether oxygens (including phenoxy) is 1. The Labute approximate surface area is 196 Å². The average Bonchev–Trinajstić information content (AvgIpc) is 3.22. The first-order chi connectivity index (χ1) is 16.1. The Morgan fingerprint density at radius 3 is 2.58 bits per heavy atom. The standard InChI is InChI=1S/C28H35N3O2/c1-19-14-15-23-24(30(19)28(32)33-3)16-17-25-27(23)29-26(18-21-10-6-4-7-11-21)31(25)20(2)22-12-8-5-9-13-22/h4,6-7,10-11,16-17,19-20,22H,5,8-9,12-15,18H2,1-3H3/t19-,20+/m0/s1. The molecule has 1 amide bonds. The van der Waals surface area contributed by atoms with Crippen LogP contribution in [0.5, 0.6) is 0 Å². The van der Waals surface area contributed by atoms with Gasteiger partial charge in [0.05, 0.1) is 23.8 Å². The van der Waals surface area contributed by atoms with Crippen molar-refractivity contribution in [1.82, 2.24) is 9.55 Å². The minimum atomic E-state index is -0.290. The lowest BCUT2D eigenvalue weighted by Crippen LogP contribution is -2.42. The fourth-order valence-corrected chi connectivity index (χ4v) is 6.01. The van der Waals surface area contributed by atoms with Crippen molar-refractivity contribution in [2.75, 3.05) is 12.0 Å². The van der Waals surface area contributed by atoms with Crippen LogP contribution < -0.4 is 4.90 Å². The molecule has 5 rings (SSSR count). The van der Waals surface area contributed by atoms with Gasteiger partial charge >= 0.3 is 6.09 Å². The molecule has 0 N–H and O–H groups in total. The summed E-state index contributed by atoms with van der Waals surface area (Å²) in [5.74, 6) is 1.82. The third kappa shape index (κ3) is 4.03. The number of imidazole rings is 1. The van der Waals surface area contributed by atoms with E-state index in [0.717, 1.165) is 36.3 Å². The molecule has 1 aliphatic carbocycles. The number of nitrogens with zero attached hydrogens (tertiary/aromatic N) is 3. The van der Waals surface area contributed by atoms with E-state index in [-0.39, 0.29) is 12.1 Å². The molecule has 0 saturated heterocycles. The van der Waals surface area contributed by atoms with Crippen molar-refractivity contribution in [3.05, 3.63) is 59.4 Å². The largest absolute Gasteiger partial charge is 0.452 e. The zero-order valence-electron chi connectivity index (χ0n) is 20.1. The zero-order valence-corrected chi connectivity index (χ0v) is 20.1. The van der Waals surface area contributed by atoms with Crippen LogP contribution in [0.25, 0.3) is 11.0 Å². The number of carbonyl (C=O) groups excluding carboxylic acids is 1. The number of rotatable bonds is 4. The molecule has 1 aliphatic heterocycles. The number of amides is 1. The van der Waals surface area contributed by atoms with Gasteiger partial charge in [-0.15, -0.1) is 0 Å². The first-order valence-electron chi connectivity index (χ1n) is 12.5. The molecule has 2 heterocycles. The summed E-state index contributed by atoms with van der Waals surface area (Å²) in [6.45, 7) is 4.47. The molecule has 2 aliphatic rings. The van der Waals surface area contributed by atoms with Crippen LogP contribution in [0.2, 0.25) is 0 Å². The number of aryl methyl sites for hydroxylation is 1. The predicted molar refractivity (Wildman–Crippen MR) is 133 cm³/mol. The van der Waals surface area contributed by atoms with E-state index >= 15 is 0 Å². The molecule has 0 bridgehead atoms. The Hall–Kier alpha value is -2.82. The van der Waals surface area contributed by atoms with E-state index in [1.54, 1.807) is 4.90 Å². The van der Waals surface area contributed by atoms with Gasteiger partial charge in [0, 0.05) is 24.1 Å². The Morgan fingerprint density at radius 2 is 1.85 bits per heavy atom. The van der Waals surface area contributed by atoms with Crippen LogP contribution in [-0.2, 0) is 17.6 Å². The highest BCUT2D eigenvalue weighted by molar-refractivity contribution is 5.95. The van der Waals surface area contributed by atoms with Gasteiger partial charge in [0.1, 0.15) is 5.82 Å². The van der Waals surface area contributed by atoms with Gasteiger partial charge < -0.3 is 9.30 Å². The maximum Gasteiger partial charge on any atom is 0.414 e. The smallest absolute Gasteiger partial charge is 0.414 e. The molecular weight excluding hydrogens is 410 g/mol. The van der Waals surface area contributed by atoms with Crippen LogP contribution in [0.15, 0.2) is 42.5 Å². The topological polar surface area (TPSA) is 47.4 Å². The maximum absolute atomic E-state index is 12.6. The van der Waals surface area contributed by atoms with Crippen molar-refractivity contribution in [2.45, 2.75) is 77.3 Å². The maximum atomic E-state index is 12.6. The van der Waals surface area contributed by atoms with E-state index in [1.807, 2.05) is 0 Å². The summed E-state index contributed by atoms with van der Waals surface area (Å²) >= 11 is 0. The van der Waals surface area contributed by atoms with Crippen LogP contribution in [0.4, 0.5) is 10.5 Å². The fraction of sp³-hybridized carbons (Fsp3) is 0.500. The predicted octanol–water partition coefficient (Wildman–Crippen LogP) is 6.68. The molecule has 2 aromatic carbocycles. The van der Waals surface area contributed by atoms with Crippen molar-refractivity contribution >= 4 is 22.8 Å². The van der Waals surface area contributed by atoms with Gasteiger partial charge in [0.15, 0.2) is 0 Å². The molecule has 33 heavy (non-hydrogen) atoms. The zero-order chi connectivity index (χ0) is 22.9. The Morgan fingerprint density at radius 1 is 1.09 bits per heavy atom. The summed E-state index contributed by atoms with van der Waals surface area (Å²) in [5, 5.41) is 0. The Kier molecular flexibility index (Phi) is 6.13. The number of benzene rings is 2. The van der Waals surface area contributed by atoms with Crippen LogP contribution in [0, 0.1) is 5.92 Å². The van der Waals surface area contributed by atoms with Gasteiger partial charge in [-0.25, -0.2) is 9.78 Å². The van der Waals surface area contributed by atoms with Crippen LogP contribution in [0.3, 0.4) is 0 Å². The van der Waals surface area contributed by atoms with Crippen molar-refractivity contribution < 1.29 is 9.53 Å². The third-order valence-corrected chi connectivity index (χ3v) is 7.84. The number of hydrogen-bond donors (Lipinski definition) is 0. The van der Waals surface area contributed by atoms with E-state index in [2.05, 4.69) is 60.9 Å². The number of anilines is 1. The molecule has 3 aromatic rings. The fourth-order valence-electron chi connectivity index (χ4n) is 6.01. The molecular formula is C28H35N3O2. The third-order valence-electron chi connectivity index (χ3n) is 7.84. The SMILES string of the molecule is COC(=O)N1c2ccc3c(nc(Cc4ccccc4)n3[C@H](C)C3CCCCC3)c2CC[C@@H]1C. The molecule has 1 fully saturated rings. The number of aromatic nitrogens is 2. The number of hydrogen-bond acceptors (Lipinski definition) is 3. The first kappa shape index (κ1) is 22.0. The van der Waals surface area contributed by atoms with Gasteiger partial charge in [-0.05, 0) is 63.1 Å². The highest BCUT2D eigenvalue weighted by atomic mass is 16.5. The highest BCUT2D eigenvalue weighted by Gasteiger charge is 2.32. The molecule has 174 valence electrons. The van der Waals surface area contributed by atoms with Crippen LogP contribution >= 0.6 is 0 Å². The molecule has 1 saturated carbocycles. The summed E-state index contributed by atoms with van der Waals surface area (Å²) in [7, 11) is 1.46.